The Morgan fingerprint density at radius 3 is 2.79 bits per heavy atom. The van der Waals surface area contributed by atoms with Gasteiger partial charge in [0, 0.05) is 4.88 Å². The molecule has 4 heteroatoms. The lowest BCUT2D eigenvalue weighted by Gasteiger charge is -2.24. The summed E-state index contributed by atoms with van der Waals surface area (Å²) >= 11 is 1.63. The molecule has 14 heavy (non-hydrogen) atoms. The molecule has 1 saturated carbocycles. The molecule has 0 aromatic carbocycles. The van der Waals surface area contributed by atoms with E-state index in [1.807, 2.05) is 6.92 Å². The van der Waals surface area contributed by atoms with Gasteiger partial charge >= 0.3 is 5.97 Å². The molecule has 0 atom stereocenters. The number of nitrogens with zero attached hydrogens (tertiary/aromatic N) is 1. The molecule has 76 valence electrons. The zero-order valence-electron chi connectivity index (χ0n) is 8.37. The van der Waals surface area contributed by atoms with Gasteiger partial charge in [0.15, 0.2) is 5.69 Å². The van der Waals surface area contributed by atoms with Gasteiger partial charge in [0.05, 0.1) is 12.1 Å². The number of methoxy groups -OCH3 is 1. The summed E-state index contributed by atoms with van der Waals surface area (Å²) in [6, 6.07) is 0. The minimum Gasteiger partial charge on any atom is -0.464 e. The minimum absolute atomic E-state index is 0.295. The van der Waals surface area contributed by atoms with Crippen LogP contribution in [0, 0.1) is 6.92 Å². The molecule has 1 aromatic heterocycles. The zero-order valence-corrected chi connectivity index (χ0v) is 9.19. The highest BCUT2D eigenvalue weighted by Gasteiger charge is 2.28. The Morgan fingerprint density at radius 1 is 1.57 bits per heavy atom. The highest BCUT2D eigenvalue weighted by Crippen LogP contribution is 2.40. The highest BCUT2D eigenvalue weighted by molar-refractivity contribution is 7.12. The van der Waals surface area contributed by atoms with E-state index in [4.69, 9.17) is 4.74 Å². The predicted molar refractivity (Wildman–Crippen MR) is 54.8 cm³/mol. The minimum atomic E-state index is -0.295. The number of esters is 1. The first kappa shape index (κ1) is 9.65. The standard InChI is InChI=1S/C10H13NO2S/c1-6-11-8(10(12)13-2)9(14-6)7-4-3-5-7/h7H,3-5H2,1-2H3. The molecule has 0 spiro atoms. The molecule has 0 bridgehead atoms. The lowest BCUT2D eigenvalue weighted by molar-refractivity contribution is 0.0592. The van der Waals surface area contributed by atoms with Crippen LogP contribution in [0.4, 0.5) is 0 Å². The summed E-state index contributed by atoms with van der Waals surface area (Å²) in [5.41, 5.74) is 0.541. The second-order valence-corrected chi connectivity index (χ2v) is 4.80. The van der Waals surface area contributed by atoms with Crippen molar-refractivity contribution in [3.05, 3.63) is 15.6 Å². The predicted octanol–water partition coefficient (Wildman–Crippen LogP) is 2.51. The molecule has 1 aliphatic carbocycles. The maximum atomic E-state index is 11.4. The van der Waals surface area contributed by atoms with Crippen LogP contribution in [0.15, 0.2) is 0 Å². The van der Waals surface area contributed by atoms with Gasteiger partial charge in [0.2, 0.25) is 0 Å². The van der Waals surface area contributed by atoms with Crippen molar-refractivity contribution >= 4 is 17.3 Å². The molecule has 0 radical (unpaired) electrons. The van der Waals surface area contributed by atoms with Crippen LogP contribution in [-0.2, 0) is 4.74 Å². The molecule has 1 aromatic rings. The fourth-order valence-corrected chi connectivity index (χ4v) is 2.72. The summed E-state index contributed by atoms with van der Waals surface area (Å²) in [4.78, 5) is 16.8. The third kappa shape index (κ3) is 1.54. The quantitative estimate of drug-likeness (QED) is 0.705. The van der Waals surface area contributed by atoms with Crippen molar-refractivity contribution in [2.24, 2.45) is 0 Å². The summed E-state index contributed by atoms with van der Waals surface area (Å²) in [6.07, 6.45) is 3.64. The maximum Gasteiger partial charge on any atom is 0.357 e. The van der Waals surface area contributed by atoms with E-state index in [1.165, 1.54) is 26.4 Å². The first-order valence-electron chi connectivity index (χ1n) is 4.78. The van der Waals surface area contributed by atoms with Gasteiger partial charge in [-0.2, -0.15) is 0 Å². The van der Waals surface area contributed by atoms with E-state index in [0.717, 1.165) is 9.88 Å². The van der Waals surface area contributed by atoms with Crippen molar-refractivity contribution in [3.8, 4) is 0 Å². The number of thiazole rings is 1. The van der Waals surface area contributed by atoms with E-state index in [1.54, 1.807) is 11.3 Å². The van der Waals surface area contributed by atoms with Crippen molar-refractivity contribution < 1.29 is 9.53 Å². The SMILES string of the molecule is COC(=O)c1nc(C)sc1C1CCC1. The monoisotopic (exact) mass is 211 g/mol. The average Bonchev–Trinajstić information content (AvgIpc) is 2.43. The summed E-state index contributed by atoms with van der Waals surface area (Å²) in [6.45, 7) is 1.93. The number of aryl methyl sites for hydroxylation is 1. The molecule has 2 rings (SSSR count). The van der Waals surface area contributed by atoms with Gasteiger partial charge in [-0.25, -0.2) is 9.78 Å². The van der Waals surface area contributed by atoms with Gasteiger partial charge in [0.1, 0.15) is 0 Å². The third-order valence-electron chi connectivity index (χ3n) is 2.62. The Bertz CT molecular complexity index is 355. The number of hydrogen-bond donors (Lipinski definition) is 0. The number of carbonyl (C=O) groups is 1. The van der Waals surface area contributed by atoms with Crippen molar-refractivity contribution in [3.63, 3.8) is 0 Å². The normalized spacial score (nSPS) is 16.4. The van der Waals surface area contributed by atoms with Crippen molar-refractivity contribution in [1.82, 2.24) is 4.98 Å². The molecule has 0 saturated heterocycles. The van der Waals surface area contributed by atoms with Crippen molar-refractivity contribution in [2.75, 3.05) is 7.11 Å². The van der Waals surface area contributed by atoms with E-state index < -0.39 is 0 Å². The van der Waals surface area contributed by atoms with E-state index in [-0.39, 0.29) is 5.97 Å². The fourth-order valence-electron chi connectivity index (χ4n) is 1.63. The topological polar surface area (TPSA) is 39.2 Å². The van der Waals surface area contributed by atoms with Crippen LogP contribution in [0.3, 0.4) is 0 Å². The Morgan fingerprint density at radius 2 is 2.29 bits per heavy atom. The highest BCUT2D eigenvalue weighted by atomic mass is 32.1. The van der Waals surface area contributed by atoms with Crippen LogP contribution < -0.4 is 0 Å². The lowest BCUT2D eigenvalue weighted by atomic mass is 9.83. The summed E-state index contributed by atoms with van der Waals surface area (Å²) < 4.78 is 4.71. The first-order valence-corrected chi connectivity index (χ1v) is 5.59. The smallest absolute Gasteiger partial charge is 0.357 e. The summed E-state index contributed by atoms with van der Waals surface area (Å²) in [5.74, 6) is 0.256. The average molecular weight is 211 g/mol. The van der Waals surface area contributed by atoms with Gasteiger partial charge in [-0.05, 0) is 25.7 Å². The van der Waals surface area contributed by atoms with Crippen LogP contribution in [0.25, 0.3) is 0 Å². The second-order valence-electron chi connectivity index (χ2n) is 3.57. The van der Waals surface area contributed by atoms with Gasteiger partial charge < -0.3 is 4.74 Å². The second kappa shape index (κ2) is 3.69. The van der Waals surface area contributed by atoms with E-state index in [0.29, 0.717) is 11.6 Å². The number of ether oxygens (including phenoxy) is 1. The van der Waals surface area contributed by atoms with E-state index >= 15 is 0 Å². The molecule has 0 unspecified atom stereocenters. The fraction of sp³-hybridized carbons (Fsp3) is 0.600. The van der Waals surface area contributed by atoms with E-state index in [2.05, 4.69) is 4.98 Å². The third-order valence-corrected chi connectivity index (χ3v) is 3.75. The molecule has 0 N–H and O–H groups in total. The van der Waals surface area contributed by atoms with Gasteiger partial charge in [0.25, 0.3) is 0 Å². The molecule has 1 heterocycles. The van der Waals surface area contributed by atoms with Crippen LogP contribution >= 0.6 is 11.3 Å². The Kier molecular flexibility index (Phi) is 2.54. The van der Waals surface area contributed by atoms with Crippen LogP contribution in [0.5, 0.6) is 0 Å². The van der Waals surface area contributed by atoms with Crippen molar-refractivity contribution in [2.45, 2.75) is 32.1 Å². The molecular formula is C10H13NO2S. The molecule has 1 fully saturated rings. The van der Waals surface area contributed by atoms with Gasteiger partial charge in [-0.3, -0.25) is 0 Å². The van der Waals surface area contributed by atoms with Crippen LogP contribution in [-0.4, -0.2) is 18.1 Å². The lowest BCUT2D eigenvalue weighted by Crippen LogP contribution is -2.13. The Balaban J connectivity index is 2.32. The van der Waals surface area contributed by atoms with Crippen molar-refractivity contribution in [1.29, 1.82) is 0 Å². The van der Waals surface area contributed by atoms with Gasteiger partial charge in [-0.15, -0.1) is 11.3 Å². The molecule has 0 amide bonds. The largest absolute Gasteiger partial charge is 0.464 e. The van der Waals surface area contributed by atoms with Gasteiger partial charge in [-0.1, -0.05) is 6.42 Å². The molecular weight excluding hydrogens is 198 g/mol. The number of carbonyl (C=O) groups excluding carboxylic acids is 1. The summed E-state index contributed by atoms with van der Waals surface area (Å²) in [5, 5.41) is 0.951. The summed E-state index contributed by atoms with van der Waals surface area (Å²) in [7, 11) is 1.40. The number of aromatic nitrogens is 1. The number of hydrogen-bond acceptors (Lipinski definition) is 4. The molecule has 0 aliphatic heterocycles. The van der Waals surface area contributed by atoms with Crippen LogP contribution in [0.2, 0.25) is 0 Å². The first-order chi connectivity index (χ1) is 6.72. The Labute approximate surface area is 87.1 Å². The zero-order chi connectivity index (χ0) is 10.1. The molecule has 3 nitrogen and oxygen atoms in total. The number of rotatable bonds is 2. The van der Waals surface area contributed by atoms with Crippen LogP contribution in [0.1, 0.15) is 45.6 Å². The Hall–Kier alpha value is -0.900. The molecule has 1 aliphatic rings. The van der Waals surface area contributed by atoms with E-state index in [9.17, 15) is 4.79 Å². The maximum absolute atomic E-state index is 11.4.